The standard InChI is InChI=1S/C27H27BrN2O2/c1-18(2)17-30-26(20-13-9-6-10-14-20)25(19-11-7-5-8-12-19)29-27(30)21-15-23(31-3)24(32-4)16-22(21)28/h5-16,18H,17H2,1-4H3. The second kappa shape index (κ2) is 9.61. The molecule has 4 rings (SSSR count). The van der Waals surface area contributed by atoms with Crippen molar-refractivity contribution in [1.29, 1.82) is 0 Å². The van der Waals surface area contributed by atoms with E-state index in [0.29, 0.717) is 17.4 Å². The van der Waals surface area contributed by atoms with Crippen LogP contribution in [0.5, 0.6) is 11.5 Å². The first-order valence-electron chi connectivity index (χ1n) is 10.7. The Bertz CT molecular complexity index is 1200. The maximum absolute atomic E-state index is 5.60. The van der Waals surface area contributed by atoms with Crippen molar-refractivity contribution < 1.29 is 9.47 Å². The quantitative estimate of drug-likeness (QED) is 0.272. The monoisotopic (exact) mass is 490 g/mol. The summed E-state index contributed by atoms with van der Waals surface area (Å²) in [7, 11) is 3.30. The number of imidazole rings is 1. The largest absolute Gasteiger partial charge is 0.493 e. The summed E-state index contributed by atoms with van der Waals surface area (Å²) < 4.78 is 14.3. The van der Waals surface area contributed by atoms with Crippen molar-refractivity contribution >= 4 is 15.9 Å². The van der Waals surface area contributed by atoms with Gasteiger partial charge < -0.3 is 14.0 Å². The van der Waals surface area contributed by atoms with Crippen LogP contribution < -0.4 is 9.47 Å². The zero-order chi connectivity index (χ0) is 22.7. The number of benzene rings is 3. The third kappa shape index (κ3) is 4.30. The normalized spacial score (nSPS) is 11.1. The van der Waals surface area contributed by atoms with E-state index in [0.717, 1.165) is 44.9 Å². The van der Waals surface area contributed by atoms with Crippen molar-refractivity contribution in [3.05, 3.63) is 77.3 Å². The first kappa shape index (κ1) is 22.2. The lowest BCUT2D eigenvalue weighted by Gasteiger charge is -2.17. The van der Waals surface area contributed by atoms with E-state index >= 15 is 0 Å². The maximum Gasteiger partial charge on any atom is 0.161 e. The van der Waals surface area contributed by atoms with Crippen molar-refractivity contribution in [2.45, 2.75) is 20.4 Å². The van der Waals surface area contributed by atoms with Gasteiger partial charge in [0.1, 0.15) is 5.82 Å². The summed E-state index contributed by atoms with van der Waals surface area (Å²) >= 11 is 3.75. The molecule has 0 atom stereocenters. The van der Waals surface area contributed by atoms with Crippen LogP contribution in [0.3, 0.4) is 0 Å². The topological polar surface area (TPSA) is 36.3 Å². The minimum absolute atomic E-state index is 0.438. The molecule has 5 heteroatoms. The molecule has 1 heterocycles. The van der Waals surface area contributed by atoms with E-state index in [9.17, 15) is 0 Å². The molecule has 0 aliphatic carbocycles. The Kier molecular flexibility index (Phi) is 6.66. The lowest BCUT2D eigenvalue weighted by atomic mass is 10.0. The second-order valence-electron chi connectivity index (χ2n) is 8.06. The molecule has 0 aliphatic heterocycles. The molecule has 4 nitrogen and oxygen atoms in total. The molecule has 32 heavy (non-hydrogen) atoms. The summed E-state index contributed by atoms with van der Waals surface area (Å²) in [4.78, 5) is 5.21. The Labute approximate surface area is 198 Å². The van der Waals surface area contributed by atoms with E-state index in [2.05, 4.69) is 82.9 Å². The zero-order valence-electron chi connectivity index (χ0n) is 18.8. The minimum atomic E-state index is 0.438. The Balaban J connectivity index is 2.05. The van der Waals surface area contributed by atoms with Crippen LogP contribution in [0.1, 0.15) is 13.8 Å². The average Bonchev–Trinajstić information content (AvgIpc) is 3.18. The lowest BCUT2D eigenvalue weighted by molar-refractivity contribution is 0.355. The first-order valence-corrected chi connectivity index (χ1v) is 11.5. The molecule has 0 aliphatic rings. The summed E-state index contributed by atoms with van der Waals surface area (Å²) in [6, 6.07) is 24.8. The van der Waals surface area contributed by atoms with E-state index in [1.54, 1.807) is 14.2 Å². The number of rotatable bonds is 7. The third-order valence-electron chi connectivity index (χ3n) is 5.32. The molecule has 0 fully saturated rings. The molecular weight excluding hydrogens is 464 g/mol. The van der Waals surface area contributed by atoms with E-state index in [-0.39, 0.29) is 0 Å². The Hall–Kier alpha value is -3.05. The van der Waals surface area contributed by atoms with Gasteiger partial charge in [-0.1, -0.05) is 74.5 Å². The van der Waals surface area contributed by atoms with Crippen LogP contribution in [0.2, 0.25) is 0 Å². The van der Waals surface area contributed by atoms with Gasteiger partial charge >= 0.3 is 0 Å². The van der Waals surface area contributed by atoms with E-state index in [1.807, 2.05) is 24.3 Å². The van der Waals surface area contributed by atoms with Gasteiger partial charge in [0.05, 0.1) is 25.6 Å². The summed E-state index contributed by atoms with van der Waals surface area (Å²) in [5.41, 5.74) is 5.27. The Morgan fingerprint density at radius 3 is 1.97 bits per heavy atom. The molecule has 0 unspecified atom stereocenters. The van der Waals surface area contributed by atoms with Gasteiger partial charge in [-0.2, -0.15) is 0 Å². The highest BCUT2D eigenvalue weighted by Crippen LogP contribution is 2.42. The van der Waals surface area contributed by atoms with Gasteiger partial charge in [-0.05, 0) is 34.0 Å². The summed E-state index contributed by atoms with van der Waals surface area (Å²) in [6.45, 7) is 5.29. The van der Waals surface area contributed by atoms with Gasteiger partial charge in [-0.3, -0.25) is 0 Å². The molecule has 1 aromatic heterocycles. The number of methoxy groups -OCH3 is 2. The molecule has 0 saturated carbocycles. The highest BCUT2D eigenvalue weighted by Gasteiger charge is 2.24. The highest BCUT2D eigenvalue weighted by molar-refractivity contribution is 9.10. The second-order valence-corrected chi connectivity index (χ2v) is 8.91. The van der Waals surface area contributed by atoms with Gasteiger partial charge in [0.15, 0.2) is 11.5 Å². The minimum Gasteiger partial charge on any atom is -0.493 e. The lowest BCUT2D eigenvalue weighted by Crippen LogP contribution is -2.08. The molecule has 4 aromatic rings. The van der Waals surface area contributed by atoms with Crippen LogP contribution in [0.25, 0.3) is 33.9 Å². The summed E-state index contributed by atoms with van der Waals surface area (Å²) in [5, 5.41) is 0. The van der Waals surface area contributed by atoms with Crippen LogP contribution >= 0.6 is 15.9 Å². The average molecular weight is 491 g/mol. The molecule has 3 aromatic carbocycles. The third-order valence-corrected chi connectivity index (χ3v) is 5.98. The number of ether oxygens (including phenoxy) is 2. The van der Waals surface area contributed by atoms with E-state index < -0.39 is 0 Å². The molecule has 0 N–H and O–H groups in total. The van der Waals surface area contributed by atoms with Crippen molar-refractivity contribution in [2.24, 2.45) is 5.92 Å². The van der Waals surface area contributed by atoms with Gasteiger partial charge in [0, 0.05) is 27.7 Å². The van der Waals surface area contributed by atoms with E-state index in [1.165, 1.54) is 0 Å². The fourth-order valence-corrected chi connectivity index (χ4v) is 4.41. The molecule has 0 amide bonds. The van der Waals surface area contributed by atoms with Gasteiger partial charge in [-0.25, -0.2) is 4.98 Å². The number of hydrogen-bond acceptors (Lipinski definition) is 3. The van der Waals surface area contributed by atoms with Crippen LogP contribution in [0.15, 0.2) is 77.3 Å². The number of nitrogens with zero attached hydrogens (tertiary/aromatic N) is 2. The smallest absolute Gasteiger partial charge is 0.161 e. The van der Waals surface area contributed by atoms with Crippen LogP contribution in [-0.2, 0) is 6.54 Å². The van der Waals surface area contributed by atoms with Crippen LogP contribution in [0, 0.1) is 5.92 Å². The first-order chi connectivity index (χ1) is 15.5. The molecule has 0 spiro atoms. The van der Waals surface area contributed by atoms with Crippen LogP contribution in [-0.4, -0.2) is 23.8 Å². The summed E-state index contributed by atoms with van der Waals surface area (Å²) in [6.07, 6.45) is 0. The number of hydrogen-bond donors (Lipinski definition) is 0. The SMILES string of the molecule is COc1cc(Br)c(-c2nc(-c3ccccc3)c(-c3ccccc3)n2CC(C)C)cc1OC. The summed E-state index contributed by atoms with van der Waals surface area (Å²) in [5.74, 6) is 2.68. The van der Waals surface area contributed by atoms with Crippen molar-refractivity contribution in [3.8, 4) is 45.4 Å². The Morgan fingerprint density at radius 2 is 1.41 bits per heavy atom. The van der Waals surface area contributed by atoms with Crippen molar-refractivity contribution in [1.82, 2.24) is 9.55 Å². The molecule has 0 radical (unpaired) electrons. The fourth-order valence-electron chi connectivity index (χ4n) is 3.91. The highest BCUT2D eigenvalue weighted by atomic mass is 79.9. The van der Waals surface area contributed by atoms with E-state index in [4.69, 9.17) is 14.5 Å². The fraction of sp³-hybridized carbons (Fsp3) is 0.222. The van der Waals surface area contributed by atoms with Gasteiger partial charge in [-0.15, -0.1) is 0 Å². The molecule has 164 valence electrons. The molecular formula is C27H27BrN2O2. The van der Waals surface area contributed by atoms with Gasteiger partial charge in [0.2, 0.25) is 0 Å². The van der Waals surface area contributed by atoms with Gasteiger partial charge in [0.25, 0.3) is 0 Å². The molecule has 0 bridgehead atoms. The number of aromatic nitrogens is 2. The van der Waals surface area contributed by atoms with Crippen molar-refractivity contribution in [2.75, 3.05) is 14.2 Å². The maximum atomic E-state index is 5.60. The predicted octanol–water partition coefficient (Wildman–Crippen LogP) is 7.32. The van der Waals surface area contributed by atoms with Crippen LogP contribution in [0.4, 0.5) is 0 Å². The predicted molar refractivity (Wildman–Crippen MR) is 134 cm³/mol. The Morgan fingerprint density at radius 1 is 0.844 bits per heavy atom. The number of halogens is 1. The van der Waals surface area contributed by atoms with Crippen molar-refractivity contribution in [3.63, 3.8) is 0 Å². The zero-order valence-corrected chi connectivity index (χ0v) is 20.4. The molecule has 0 saturated heterocycles.